The minimum Gasteiger partial charge on any atom is -0.311 e. The van der Waals surface area contributed by atoms with Crippen molar-refractivity contribution in [1.82, 2.24) is 20.3 Å². The predicted octanol–water partition coefficient (Wildman–Crippen LogP) is 2.77. The number of nitrogens with zero attached hydrogens (tertiary/aromatic N) is 3. The first-order valence-corrected chi connectivity index (χ1v) is 7.35. The Bertz CT molecular complexity index is 360. The summed E-state index contributed by atoms with van der Waals surface area (Å²) in [7, 11) is 2.06. The van der Waals surface area contributed by atoms with Crippen molar-refractivity contribution in [3.05, 3.63) is 11.9 Å². The molecule has 3 atom stereocenters. The zero-order valence-electron chi connectivity index (χ0n) is 11.9. The molecule has 1 fully saturated rings. The smallest absolute Gasteiger partial charge is 0.0759 e. The molecule has 0 bridgehead atoms. The Morgan fingerprint density at radius 2 is 2.28 bits per heavy atom. The van der Waals surface area contributed by atoms with Crippen molar-refractivity contribution in [2.45, 2.75) is 58.5 Å². The van der Waals surface area contributed by atoms with Gasteiger partial charge in [-0.3, -0.25) is 0 Å². The topological polar surface area (TPSA) is 42.7 Å². The van der Waals surface area contributed by atoms with Crippen LogP contribution in [0.5, 0.6) is 0 Å². The first kappa shape index (κ1) is 13.5. The van der Waals surface area contributed by atoms with Crippen LogP contribution in [-0.2, 0) is 6.54 Å². The van der Waals surface area contributed by atoms with Gasteiger partial charge in [0, 0.05) is 6.54 Å². The SMILES string of the molecule is CCCn1nncc1C(NC)C1CCC(CC)C1. The van der Waals surface area contributed by atoms with Gasteiger partial charge in [-0.2, -0.15) is 0 Å². The van der Waals surface area contributed by atoms with Gasteiger partial charge in [0.1, 0.15) is 0 Å². The van der Waals surface area contributed by atoms with Crippen LogP contribution in [0.2, 0.25) is 0 Å². The van der Waals surface area contributed by atoms with Gasteiger partial charge >= 0.3 is 0 Å². The number of nitrogens with one attached hydrogen (secondary N) is 1. The summed E-state index contributed by atoms with van der Waals surface area (Å²) in [4.78, 5) is 0. The Balaban J connectivity index is 2.10. The summed E-state index contributed by atoms with van der Waals surface area (Å²) in [6.07, 6.45) is 8.43. The molecule has 1 saturated carbocycles. The largest absolute Gasteiger partial charge is 0.311 e. The molecule has 0 spiro atoms. The lowest BCUT2D eigenvalue weighted by molar-refractivity contribution is 0.350. The Morgan fingerprint density at radius 3 is 2.89 bits per heavy atom. The number of rotatable bonds is 6. The second kappa shape index (κ2) is 6.32. The second-order valence-electron chi connectivity index (χ2n) is 5.50. The molecule has 4 heteroatoms. The Morgan fingerprint density at radius 1 is 1.44 bits per heavy atom. The summed E-state index contributed by atoms with van der Waals surface area (Å²) in [5, 5.41) is 11.8. The summed E-state index contributed by atoms with van der Waals surface area (Å²) in [6.45, 7) is 5.46. The lowest BCUT2D eigenvalue weighted by Gasteiger charge is -2.23. The van der Waals surface area contributed by atoms with Gasteiger partial charge in [-0.15, -0.1) is 5.10 Å². The van der Waals surface area contributed by atoms with Gasteiger partial charge in [-0.05, 0) is 38.1 Å². The maximum absolute atomic E-state index is 4.21. The van der Waals surface area contributed by atoms with E-state index in [1.807, 2.05) is 6.20 Å². The maximum atomic E-state index is 4.21. The highest BCUT2D eigenvalue weighted by atomic mass is 15.4. The normalized spacial score (nSPS) is 25.5. The summed E-state index contributed by atoms with van der Waals surface area (Å²) >= 11 is 0. The molecule has 1 aliphatic rings. The highest BCUT2D eigenvalue weighted by Crippen LogP contribution is 2.39. The van der Waals surface area contributed by atoms with Crippen molar-refractivity contribution in [3.63, 3.8) is 0 Å². The van der Waals surface area contributed by atoms with Crippen molar-refractivity contribution in [2.24, 2.45) is 11.8 Å². The zero-order chi connectivity index (χ0) is 13.0. The molecule has 3 unspecified atom stereocenters. The summed E-state index contributed by atoms with van der Waals surface area (Å²) < 4.78 is 2.07. The molecule has 102 valence electrons. The molecule has 18 heavy (non-hydrogen) atoms. The Kier molecular flexibility index (Phi) is 4.75. The Labute approximate surface area is 110 Å². The molecule has 0 amide bonds. The van der Waals surface area contributed by atoms with E-state index in [0.717, 1.165) is 24.8 Å². The molecular formula is C14H26N4. The van der Waals surface area contributed by atoms with Crippen molar-refractivity contribution in [3.8, 4) is 0 Å². The molecule has 1 N–H and O–H groups in total. The highest BCUT2D eigenvalue weighted by Gasteiger charge is 2.31. The number of aryl methyl sites for hydroxylation is 1. The van der Waals surface area contributed by atoms with Crippen LogP contribution in [0.3, 0.4) is 0 Å². The van der Waals surface area contributed by atoms with Gasteiger partial charge in [-0.25, -0.2) is 4.68 Å². The van der Waals surface area contributed by atoms with Crippen molar-refractivity contribution in [2.75, 3.05) is 7.05 Å². The van der Waals surface area contributed by atoms with Gasteiger partial charge in [0.05, 0.1) is 17.9 Å². The van der Waals surface area contributed by atoms with E-state index < -0.39 is 0 Å². The maximum Gasteiger partial charge on any atom is 0.0759 e. The third-order valence-corrected chi connectivity index (χ3v) is 4.34. The standard InChI is InChI=1S/C14H26N4/c1-4-8-18-13(10-16-17-18)14(15-3)12-7-6-11(5-2)9-12/h10-12,14-15H,4-9H2,1-3H3. The second-order valence-corrected chi connectivity index (χ2v) is 5.50. The van der Waals surface area contributed by atoms with Crippen LogP contribution in [0, 0.1) is 11.8 Å². The van der Waals surface area contributed by atoms with Gasteiger partial charge in [0.25, 0.3) is 0 Å². The van der Waals surface area contributed by atoms with Crippen LogP contribution in [0.4, 0.5) is 0 Å². The monoisotopic (exact) mass is 250 g/mol. The first-order valence-electron chi connectivity index (χ1n) is 7.35. The zero-order valence-corrected chi connectivity index (χ0v) is 11.9. The minimum atomic E-state index is 0.420. The summed E-state index contributed by atoms with van der Waals surface area (Å²) in [5.74, 6) is 1.66. The summed E-state index contributed by atoms with van der Waals surface area (Å²) in [5.41, 5.74) is 1.26. The third kappa shape index (κ3) is 2.74. The molecule has 0 aliphatic heterocycles. The van der Waals surface area contributed by atoms with Crippen molar-refractivity contribution in [1.29, 1.82) is 0 Å². The molecule has 0 aromatic carbocycles. The van der Waals surface area contributed by atoms with Crippen LogP contribution in [0.15, 0.2) is 6.20 Å². The van der Waals surface area contributed by atoms with E-state index in [1.165, 1.54) is 31.4 Å². The van der Waals surface area contributed by atoms with Crippen molar-refractivity contribution < 1.29 is 0 Å². The van der Waals surface area contributed by atoms with E-state index in [0.29, 0.717) is 6.04 Å². The molecule has 0 saturated heterocycles. The molecular weight excluding hydrogens is 224 g/mol. The van der Waals surface area contributed by atoms with Crippen LogP contribution >= 0.6 is 0 Å². The van der Waals surface area contributed by atoms with E-state index >= 15 is 0 Å². The van der Waals surface area contributed by atoms with Crippen LogP contribution in [-0.4, -0.2) is 22.0 Å². The fourth-order valence-corrected chi connectivity index (χ4v) is 3.30. The van der Waals surface area contributed by atoms with Gasteiger partial charge in [-0.1, -0.05) is 31.9 Å². The van der Waals surface area contributed by atoms with Gasteiger partial charge in [0.2, 0.25) is 0 Å². The highest BCUT2D eigenvalue weighted by molar-refractivity contribution is 5.05. The molecule has 1 heterocycles. The quantitative estimate of drug-likeness (QED) is 0.844. The fourth-order valence-electron chi connectivity index (χ4n) is 3.30. The van der Waals surface area contributed by atoms with Crippen LogP contribution < -0.4 is 5.32 Å². The number of aromatic nitrogens is 3. The third-order valence-electron chi connectivity index (χ3n) is 4.34. The van der Waals surface area contributed by atoms with Crippen molar-refractivity contribution >= 4 is 0 Å². The predicted molar refractivity (Wildman–Crippen MR) is 73.2 cm³/mol. The summed E-state index contributed by atoms with van der Waals surface area (Å²) in [6, 6.07) is 0.420. The number of hydrogen-bond donors (Lipinski definition) is 1. The van der Waals surface area contributed by atoms with E-state index in [4.69, 9.17) is 0 Å². The lowest BCUT2D eigenvalue weighted by atomic mass is 9.94. The van der Waals surface area contributed by atoms with Crippen LogP contribution in [0.25, 0.3) is 0 Å². The average Bonchev–Trinajstić information content (AvgIpc) is 3.01. The minimum absolute atomic E-state index is 0.420. The fraction of sp³-hybridized carbons (Fsp3) is 0.857. The van der Waals surface area contributed by atoms with Crippen LogP contribution in [0.1, 0.15) is 57.7 Å². The molecule has 1 aromatic heterocycles. The number of hydrogen-bond acceptors (Lipinski definition) is 3. The van der Waals surface area contributed by atoms with E-state index in [9.17, 15) is 0 Å². The average molecular weight is 250 g/mol. The van der Waals surface area contributed by atoms with Gasteiger partial charge in [0.15, 0.2) is 0 Å². The van der Waals surface area contributed by atoms with Gasteiger partial charge < -0.3 is 5.32 Å². The molecule has 4 nitrogen and oxygen atoms in total. The Hall–Kier alpha value is -0.900. The molecule has 1 aliphatic carbocycles. The van der Waals surface area contributed by atoms with E-state index in [-0.39, 0.29) is 0 Å². The van der Waals surface area contributed by atoms with E-state index in [2.05, 4.69) is 41.2 Å². The molecule has 2 rings (SSSR count). The molecule has 0 radical (unpaired) electrons. The van der Waals surface area contributed by atoms with E-state index in [1.54, 1.807) is 0 Å². The lowest BCUT2D eigenvalue weighted by Crippen LogP contribution is -2.26. The first-order chi connectivity index (χ1) is 8.80. The molecule has 1 aromatic rings.